The molecule has 1 N–H and O–H groups in total. The van der Waals surface area contributed by atoms with Crippen molar-refractivity contribution >= 4 is 23.3 Å². The van der Waals surface area contributed by atoms with Gasteiger partial charge in [-0.1, -0.05) is 12.1 Å². The number of benzene rings is 1. The highest BCUT2D eigenvalue weighted by Gasteiger charge is 2.22. The summed E-state index contributed by atoms with van der Waals surface area (Å²) in [5, 5.41) is 2.92. The molecule has 0 spiro atoms. The summed E-state index contributed by atoms with van der Waals surface area (Å²) in [6.07, 6.45) is 4.24. The van der Waals surface area contributed by atoms with Gasteiger partial charge in [-0.3, -0.25) is 14.1 Å². The number of carbonyl (C=O) groups excluding carboxylic acids is 2. The number of nitrogens with one attached hydrogen (secondary N) is 1. The molecule has 2 amide bonds. The lowest BCUT2D eigenvalue weighted by molar-refractivity contribution is -0.0472. The first-order chi connectivity index (χ1) is 15.2. The van der Waals surface area contributed by atoms with Crippen LogP contribution < -0.4 is 10.2 Å². The number of hydrogen-bond acceptors (Lipinski definition) is 5. The molecule has 168 valence electrons. The average Bonchev–Trinajstić information content (AvgIpc) is 3.14. The topological polar surface area (TPSA) is 85.2 Å². The van der Waals surface area contributed by atoms with Gasteiger partial charge in [-0.25, -0.2) is 9.78 Å². The zero-order valence-electron chi connectivity index (χ0n) is 18.8. The number of aromatic nitrogens is 2. The number of amides is 2. The molecule has 1 saturated heterocycles. The molecule has 2 aromatic heterocycles. The first-order valence-electron chi connectivity index (χ1n) is 10.7. The van der Waals surface area contributed by atoms with Gasteiger partial charge in [-0.15, -0.1) is 0 Å². The summed E-state index contributed by atoms with van der Waals surface area (Å²) in [4.78, 5) is 31.0. The second-order valence-corrected chi connectivity index (χ2v) is 8.87. The minimum absolute atomic E-state index is 0.112. The molecule has 3 heterocycles. The van der Waals surface area contributed by atoms with Crippen LogP contribution in [0.5, 0.6) is 0 Å². The van der Waals surface area contributed by atoms with Crippen LogP contribution in [-0.2, 0) is 9.47 Å². The number of rotatable bonds is 5. The molecule has 1 atom stereocenters. The lowest BCUT2D eigenvalue weighted by Gasteiger charge is -2.26. The summed E-state index contributed by atoms with van der Waals surface area (Å²) in [5.74, 6) is -0.137. The third-order valence-corrected chi connectivity index (χ3v) is 5.25. The van der Waals surface area contributed by atoms with Crippen molar-refractivity contribution < 1.29 is 19.1 Å². The molecule has 0 saturated carbocycles. The minimum atomic E-state index is -0.582. The van der Waals surface area contributed by atoms with E-state index in [9.17, 15) is 9.59 Å². The van der Waals surface area contributed by atoms with Crippen molar-refractivity contribution in [1.82, 2.24) is 14.7 Å². The average molecular weight is 437 g/mol. The summed E-state index contributed by atoms with van der Waals surface area (Å²) in [5.41, 5.74) is 3.05. The van der Waals surface area contributed by atoms with Crippen molar-refractivity contribution in [3.8, 4) is 11.3 Å². The van der Waals surface area contributed by atoms with Crippen LogP contribution in [0.4, 0.5) is 10.5 Å². The fourth-order valence-electron chi connectivity index (χ4n) is 3.39. The van der Waals surface area contributed by atoms with Gasteiger partial charge in [0.05, 0.1) is 23.7 Å². The molecule has 8 nitrogen and oxygen atoms in total. The van der Waals surface area contributed by atoms with Crippen LogP contribution in [0.15, 0.2) is 48.8 Å². The van der Waals surface area contributed by atoms with Crippen LogP contribution in [0.1, 0.15) is 37.6 Å². The Morgan fingerprint density at radius 2 is 2.06 bits per heavy atom. The third kappa shape index (κ3) is 4.75. The van der Waals surface area contributed by atoms with E-state index in [1.807, 2.05) is 61.7 Å². The highest BCUT2D eigenvalue weighted by atomic mass is 16.6. The van der Waals surface area contributed by atoms with Crippen molar-refractivity contribution in [3.05, 3.63) is 54.4 Å². The lowest BCUT2D eigenvalue weighted by atomic mass is 10.1. The summed E-state index contributed by atoms with van der Waals surface area (Å²) in [7, 11) is 1.67. The van der Waals surface area contributed by atoms with E-state index in [0.29, 0.717) is 17.8 Å². The molecule has 32 heavy (non-hydrogen) atoms. The predicted molar refractivity (Wildman–Crippen MR) is 122 cm³/mol. The van der Waals surface area contributed by atoms with E-state index >= 15 is 0 Å². The van der Waals surface area contributed by atoms with Gasteiger partial charge in [-0.2, -0.15) is 0 Å². The molecular weight excluding hydrogens is 408 g/mol. The van der Waals surface area contributed by atoms with E-state index in [2.05, 4.69) is 10.3 Å². The molecule has 8 heteroatoms. The zero-order chi connectivity index (χ0) is 22.9. The van der Waals surface area contributed by atoms with Crippen LogP contribution in [0.25, 0.3) is 16.9 Å². The first kappa shape index (κ1) is 21.8. The fourth-order valence-corrected chi connectivity index (χ4v) is 3.39. The van der Waals surface area contributed by atoms with Crippen molar-refractivity contribution in [2.24, 2.45) is 0 Å². The Morgan fingerprint density at radius 3 is 2.75 bits per heavy atom. The van der Waals surface area contributed by atoms with Crippen LogP contribution in [0.3, 0.4) is 0 Å². The third-order valence-electron chi connectivity index (χ3n) is 5.25. The van der Waals surface area contributed by atoms with Crippen LogP contribution in [0.2, 0.25) is 0 Å². The van der Waals surface area contributed by atoms with E-state index in [1.165, 1.54) is 4.90 Å². The van der Waals surface area contributed by atoms with E-state index < -0.39 is 11.7 Å². The van der Waals surface area contributed by atoms with Gasteiger partial charge in [-0.05, 0) is 51.5 Å². The van der Waals surface area contributed by atoms with E-state index in [-0.39, 0.29) is 12.0 Å². The number of ether oxygens (including phenoxy) is 2. The summed E-state index contributed by atoms with van der Waals surface area (Å²) in [6, 6.07) is 11.1. The summed E-state index contributed by atoms with van der Waals surface area (Å²) >= 11 is 0. The molecule has 0 unspecified atom stereocenters. The molecule has 3 aromatic rings. The monoisotopic (exact) mass is 436 g/mol. The number of imidazole rings is 1. The molecule has 1 aliphatic rings. The van der Waals surface area contributed by atoms with Gasteiger partial charge < -0.3 is 14.8 Å². The van der Waals surface area contributed by atoms with Gasteiger partial charge in [0.25, 0.3) is 5.91 Å². The Morgan fingerprint density at radius 1 is 1.28 bits per heavy atom. The van der Waals surface area contributed by atoms with Gasteiger partial charge in [0.15, 0.2) is 0 Å². The number of pyridine rings is 1. The predicted octanol–water partition coefficient (Wildman–Crippen LogP) is 3.89. The van der Waals surface area contributed by atoms with Crippen LogP contribution >= 0.6 is 0 Å². The molecule has 1 fully saturated rings. The Labute approximate surface area is 187 Å². The molecule has 0 aliphatic carbocycles. The summed E-state index contributed by atoms with van der Waals surface area (Å²) < 4.78 is 12.7. The smallest absolute Gasteiger partial charge is 0.414 e. The number of hydrogen-bond donors (Lipinski definition) is 1. The number of fused-ring (bicyclic) bond motifs is 1. The van der Waals surface area contributed by atoms with Crippen LogP contribution in [0, 0.1) is 0 Å². The Balaban J connectivity index is 1.58. The molecule has 1 aromatic carbocycles. The van der Waals surface area contributed by atoms with E-state index in [4.69, 9.17) is 9.47 Å². The number of nitrogens with zero attached hydrogens (tertiary/aromatic N) is 3. The second-order valence-electron chi connectivity index (χ2n) is 8.87. The lowest BCUT2D eigenvalue weighted by Crippen LogP contribution is -2.39. The van der Waals surface area contributed by atoms with E-state index in [0.717, 1.165) is 29.9 Å². The van der Waals surface area contributed by atoms with Crippen molar-refractivity contribution in [3.63, 3.8) is 0 Å². The van der Waals surface area contributed by atoms with Crippen molar-refractivity contribution in [1.29, 1.82) is 0 Å². The van der Waals surface area contributed by atoms with Gasteiger partial charge >= 0.3 is 6.09 Å². The maximum Gasteiger partial charge on any atom is 0.414 e. The fraction of sp³-hybridized carbons (Fsp3) is 0.375. The Hall–Kier alpha value is -3.39. The Kier molecular flexibility index (Phi) is 5.88. The minimum Gasteiger partial charge on any atom is -0.443 e. The normalized spacial score (nSPS) is 15.8. The highest BCUT2D eigenvalue weighted by Crippen LogP contribution is 2.25. The number of carbonyl (C=O) groups is 2. The van der Waals surface area contributed by atoms with E-state index in [1.54, 1.807) is 19.3 Å². The molecule has 0 bridgehead atoms. The highest BCUT2D eigenvalue weighted by molar-refractivity contribution is 5.95. The number of anilines is 1. The SMILES string of the molecule is CN(C(=O)OC(C)(C)C)c1ccc2ncc(-c3cccc(C(=O)NC[C@@H]4CCO4)c3)n2c1. The first-order valence-corrected chi connectivity index (χ1v) is 10.7. The van der Waals surface area contributed by atoms with Gasteiger partial charge in [0.2, 0.25) is 0 Å². The van der Waals surface area contributed by atoms with Crippen LogP contribution in [-0.4, -0.2) is 53.3 Å². The maximum absolute atomic E-state index is 12.6. The van der Waals surface area contributed by atoms with Crippen molar-refractivity contribution in [2.45, 2.75) is 38.9 Å². The summed E-state index contributed by atoms with van der Waals surface area (Å²) in [6.45, 7) is 6.77. The largest absolute Gasteiger partial charge is 0.443 e. The van der Waals surface area contributed by atoms with Gasteiger partial charge in [0.1, 0.15) is 11.2 Å². The molecule has 0 radical (unpaired) electrons. The maximum atomic E-state index is 12.6. The van der Waals surface area contributed by atoms with Gasteiger partial charge in [0, 0.05) is 37.5 Å². The molecule has 1 aliphatic heterocycles. The Bertz CT molecular complexity index is 1140. The quantitative estimate of drug-likeness (QED) is 0.656. The van der Waals surface area contributed by atoms with Crippen molar-refractivity contribution in [2.75, 3.05) is 25.1 Å². The second kappa shape index (κ2) is 8.63. The molecular formula is C24H28N4O4. The zero-order valence-corrected chi connectivity index (χ0v) is 18.8. The molecule has 4 rings (SSSR count). The standard InChI is InChI=1S/C24H28N4O4/c1-24(2,3)32-23(30)27(4)18-8-9-21-25-14-20(28(21)15-18)16-6-5-7-17(12-16)22(29)26-13-19-10-11-31-19/h5-9,12,14-15,19H,10-11,13H2,1-4H3,(H,26,29)/t19-/m0/s1.